The van der Waals surface area contributed by atoms with Crippen molar-refractivity contribution in [2.24, 2.45) is 4.99 Å². The Bertz CT molecular complexity index is 1910. The number of aryl methyl sites for hydroxylation is 1. The van der Waals surface area contributed by atoms with Crippen molar-refractivity contribution in [3.63, 3.8) is 0 Å². The second-order valence-corrected chi connectivity index (χ2v) is 11.5. The molecule has 9 nitrogen and oxygen atoms in total. The van der Waals surface area contributed by atoms with Crippen molar-refractivity contribution < 1.29 is 19.2 Å². The van der Waals surface area contributed by atoms with Crippen LogP contribution < -0.4 is 19.6 Å². The summed E-state index contributed by atoms with van der Waals surface area (Å²) in [6, 6.07) is 19.0. The van der Waals surface area contributed by atoms with Crippen LogP contribution in [0.4, 0.5) is 5.69 Å². The van der Waals surface area contributed by atoms with E-state index in [4.69, 9.17) is 9.47 Å². The molecule has 0 amide bonds. The molecule has 0 bridgehead atoms. The zero-order valence-corrected chi connectivity index (χ0v) is 25.4. The van der Waals surface area contributed by atoms with Crippen LogP contribution in [-0.4, -0.2) is 22.1 Å². The number of carbonyl (C=O) groups is 1. The molecule has 0 N–H and O–H groups in total. The lowest BCUT2D eigenvalue weighted by molar-refractivity contribution is -0.385. The largest absolute Gasteiger partial charge is 0.489 e. The number of hydrogen-bond donors (Lipinski definition) is 0. The van der Waals surface area contributed by atoms with E-state index in [1.54, 1.807) is 39.0 Å². The number of halogens is 1. The van der Waals surface area contributed by atoms with Crippen molar-refractivity contribution in [1.29, 1.82) is 0 Å². The number of nitro groups is 1. The second kappa shape index (κ2) is 12.3. The van der Waals surface area contributed by atoms with E-state index in [9.17, 15) is 19.7 Å². The summed E-state index contributed by atoms with van der Waals surface area (Å²) in [7, 11) is 0. The number of thiazole rings is 1. The predicted molar refractivity (Wildman–Crippen MR) is 163 cm³/mol. The number of nitro benzene ring substituents is 1. The molecule has 0 radical (unpaired) electrons. The first-order chi connectivity index (χ1) is 20.2. The maximum absolute atomic E-state index is 13.9. The van der Waals surface area contributed by atoms with E-state index in [0.717, 1.165) is 15.6 Å². The number of benzene rings is 3. The molecular weight excluding hydrogens is 622 g/mol. The van der Waals surface area contributed by atoms with Crippen LogP contribution in [0.5, 0.6) is 5.75 Å². The van der Waals surface area contributed by atoms with Crippen LogP contribution in [0, 0.1) is 17.0 Å². The average Bonchev–Trinajstić information content (AvgIpc) is 3.26. The third-order valence-corrected chi connectivity index (χ3v) is 8.25. The number of allylic oxidation sites excluding steroid dienone is 1. The third-order valence-electron chi connectivity index (χ3n) is 6.74. The summed E-state index contributed by atoms with van der Waals surface area (Å²) in [5.74, 6) is 0.0154. The maximum Gasteiger partial charge on any atom is 0.338 e. The maximum atomic E-state index is 13.9. The third kappa shape index (κ3) is 5.97. The van der Waals surface area contributed by atoms with Gasteiger partial charge in [0.05, 0.1) is 33.4 Å². The molecule has 0 saturated carbocycles. The fraction of sp³-hybridized carbons (Fsp3) is 0.194. The van der Waals surface area contributed by atoms with Gasteiger partial charge in [-0.2, -0.15) is 0 Å². The number of fused-ring (bicyclic) bond motifs is 1. The quantitative estimate of drug-likeness (QED) is 0.145. The SMILES string of the molecule is CCOC(=O)C1=C(C)N=c2s/c(=C/c3cccc(OCc4ccc(Br)cc4)c3)c(=O)n2[C@@H]1c1ccc(C)c([N+](=O)[O-])c1. The van der Waals surface area contributed by atoms with Crippen LogP contribution in [0.2, 0.25) is 0 Å². The van der Waals surface area contributed by atoms with Gasteiger partial charge >= 0.3 is 5.97 Å². The summed E-state index contributed by atoms with van der Waals surface area (Å²) in [5.41, 5.74) is 2.72. The molecule has 11 heteroatoms. The molecule has 3 aromatic carbocycles. The van der Waals surface area contributed by atoms with Crippen LogP contribution in [0.25, 0.3) is 6.08 Å². The average molecular weight is 649 g/mol. The predicted octanol–water partition coefficient (Wildman–Crippen LogP) is 5.36. The molecule has 4 aromatic rings. The topological polar surface area (TPSA) is 113 Å². The summed E-state index contributed by atoms with van der Waals surface area (Å²) >= 11 is 4.61. The molecule has 0 aliphatic carbocycles. The van der Waals surface area contributed by atoms with Crippen LogP contribution in [0.3, 0.4) is 0 Å². The fourth-order valence-electron chi connectivity index (χ4n) is 4.69. The molecule has 1 aliphatic heterocycles. The lowest BCUT2D eigenvalue weighted by Gasteiger charge is -2.24. The van der Waals surface area contributed by atoms with E-state index < -0.39 is 16.9 Å². The molecule has 214 valence electrons. The first kappa shape index (κ1) is 29.2. The van der Waals surface area contributed by atoms with E-state index in [-0.39, 0.29) is 23.4 Å². The Kier molecular flexibility index (Phi) is 8.51. The summed E-state index contributed by atoms with van der Waals surface area (Å²) in [5, 5.41) is 11.7. The lowest BCUT2D eigenvalue weighted by atomic mass is 9.94. The van der Waals surface area contributed by atoms with Gasteiger partial charge in [-0.3, -0.25) is 19.5 Å². The normalized spacial score (nSPS) is 14.8. The standard InChI is InChI=1S/C31H26BrN3O6S/c1-4-40-30(37)27-19(3)33-31-34(28(27)22-11-8-18(2)25(16-22)35(38)39)29(36)26(42-31)15-21-6-5-7-24(14-21)41-17-20-9-12-23(32)13-10-20/h5-16,28H,4,17H2,1-3H3/b26-15+/t28-/m1/s1. The monoisotopic (exact) mass is 647 g/mol. The van der Waals surface area contributed by atoms with Crippen LogP contribution in [0.15, 0.2) is 92.3 Å². The van der Waals surface area contributed by atoms with Gasteiger partial charge in [0.1, 0.15) is 12.4 Å². The molecule has 1 aliphatic rings. The molecule has 0 fully saturated rings. The Balaban J connectivity index is 1.57. The van der Waals surface area contributed by atoms with Crippen molar-refractivity contribution >= 4 is 45.0 Å². The van der Waals surface area contributed by atoms with Crippen LogP contribution in [-0.2, 0) is 16.1 Å². The Morgan fingerprint density at radius 3 is 2.62 bits per heavy atom. The fourth-order valence-corrected chi connectivity index (χ4v) is 6.00. The number of ether oxygens (including phenoxy) is 2. The summed E-state index contributed by atoms with van der Waals surface area (Å²) in [6.45, 7) is 5.51. The van der Waals surface area contributed by atoms with Gasteiger partial charge in [-0.15, -0.1) is 0 Å². The van der Waals surface area contributed by atoms with Gasteiger partial charge in [0.15, 0.2) is 4.80 Å². The van der Waals surface area contributed by atoms with E-state index in [0.29, 0.717) is 38.5 Å². The molecule has 0 unspecified atom stereocenters. The van der Waals surface area contributed by atoms with E-state index in [1.807, 2.05) is 48.5 Å². The number of rotatable bonds is 8. The highest BCUT2D eigenvalue weighted by Gasteiger charge is 2.34. The summed E-state index contributed by atoms with van der Waals surface area (Å²) in [4.78, 5) is 43.2. The Labute approximate surface area is 253 Å². The number of nitrogens with zero attached hydrogens (tertiary/aromatic N) is 3. The van der Waals surface area contributed by atoms with Gasteiger partial charge in [0.25, 0.3) is 11.2 Å². The van der Waals surface area contributed by atoms with Crippen molar-refractivity contribution in [2.75, 3.05) is 6.61 Å². The highest BCUT2D eigenvalue weighted by molar-refractivity contribution is 9.10. The number of esters is 1. The second-order valence-electron chi connectivity index (χ2n) is 9.59. The smallest absolute Gasteiger partial charge is 0.338 e. The van der Waals surface area contributed by atoms with Crippen molar-refractivity contribution in [3.05, 3.63) is 135 Å². The molecule has 0 spiro atoms. The summed E-state index contributed by atoms with van der Waals surface area (Å²) in [6.07, 6.45) is 1.74. The Hall–Kier alpha value is -4.35. The molecule has 2 heterocycles. The van der Waals surface area contributed by atoms with Gasteiger partial charge in [0.2, 0.25) is 0 Å². The first-order valence-electron chi connectivity index (χ1n) is 13.1. The molecular formula is C31H26BrN3O6S. The molecule has 1 aromatic heterocycles. The summed E-state index contributed by atoms with van der Waals surface area (Å²) < 4.78 is 14.1. The van der Waals surface area contributed by atoms with E-state index in [2.05, 4.69) is 20.9 Å². The van der Waals surface area contributed by atoms with E-state index in [1.165, 1.54) is 22.0 Å². The number of aromatic nitrogens is 1. The van der Waals surface area contributed by atoms with Gasteiger partial charge in [-0.1, -0.05) is 63.7 Å². The minimum Gasteiger partial charge on any atom is -0.489 e. The molecule has 42 heavy (non-hydrogen) atoms. The number of carbonyl (C=O) groups excluding carboxylic acids is 1. The van der Waals surface area contributed by atoms with Gasteiger partial charge in [-0.25, -0.2) is 9.79 Å². The van der Waals surface area contributed by atoms with Crippen LogP contribution >= 0.6 is 27.3 Å². The van der Waals surface area contributed by atoms with Crippen LogP contribution in [0.1, 0.15) is 42.1 Å². The number of hydrogen-bond acceptors (Lipinski definition) is 8. The molecule has 5 rings (SSSR count). The van der Waals surface area contributed by atoms with Gasteiger partial charge in [0, 0.05) is 16.1 Å². The van der Waals surface area contributed by atoms with Gasteiger partial charge < -0.3 is 9.47 Å². The van der Waals surface area contributed by atoms with Crippen molar-refractivity contribution in [2.45, 2.75) is 33.4 Å². The minimum absolute atomic E-state index is 0.104. The molecule has 1 atom stereocenters. The van der Waals surface area contributed by atoms with E-state index >= 15 is 0 Å². The zero-order chi connectivity index (χ0) is 30.0. The lowest BCUT2D eigenvalue weighted by Crippen LogP contribution is -2.40. The zero-order valence-electron chi connectivity index (χ0n) is 23.0. The van der Waals surface area contributed by atoms with Crippen molar-refractivity contribution in [3.8, 4) is 5.75 Å². The molecule has 0 saturated heterocycles. The minimum atomic E-state index is -0.942. The first-order valence-corrected chi connectivity index (χ1v) is 14.7. The van der Waals surface area contributed by atoms with Crippen molar-refractivity contribution in [1.82, 2.24) is 4.57 Å². The highest BCUT2D eigenvalue weighted by Crippen LogP contribution is 2.33. The highest BCUT2D eigenvalue weighted by atomic mass is 79.9. The Morgan fingerprint density at radius 1 is 1.14 bits per heavy atom. The Morgan fingerprint density at radius 2 is 1.90 bits per heavy atom. The van der Waals surface area contributed by atoms with Gasteiger partial charge in [-0.05, 0) is 67.8 Å².